The quantitative estimate of drug-likeness (QED) is 0.855. The molecule has 2 aliphatic heterocycles. The van der Waals surface area contributed by atoms with E-state index in [9.17, 15) is 9.90 Å². The number of β-amino-alcohol motifs (C(OH)–C–C–N with tert-alkyl or cyclic N) is 1. The van der Waals surface area contributed by atoms with Crippen molar-refractivity contribution in [1.29, 1.82) is 0 Å². The van der Waals surface area contributed by atoms with Gasteiger partial charge in [-0.3, -0.25) is 0 Å². The lowest BCUT2D eigenvalue weighted by Crippen LogP contribution is -2.34. The number of aliphatic hydroxyl groups excluding tert-OH is 1. The topological polar surface area (TPSA) is 92.5 Å². The molecule has 8 heteroatoms. The van der Waals surface area contributed by atoms with Crippen LogP contribution in [0.15, 0.2) is 30.6 Å². The SMILES string of the molecule is CC1(C)CCc2cc(NC(=O)N3C[C@@H](O)[C@H](n4ccnn4)C3)ccc2O1. The number of rotatable bonds is 2. The summed E-state index contributed by atoms with van der Waals surface area (Å²) in [4.78, 5) is 14.2. The van der Waals surface area contributed by atoms with Crippen molar-refractivity contribution in [3.63, 3.8) is 0 Å². The van der Waals surface area contributed by atoms with Crippen LogP contribution < -0.4 is 10.1 Å². The zero-order chi connectivity index (χ0) is 18.3. The highest BCUT2D eigenvalue weighted by atomic mass is 16.5. The number of nitrogens with one attached hydrogen (secondary N) is 1. The molecule has 0 spiro atoms. The van der Waals surface area contributed by atoms with E-state index < -0.39 is 6.10 Å². The van der Waals surface area contributed by atoms with Crippen LogP contribution in [0.25, 0.3) is 0 Å². The summed E-state index contributed by atoms with van der Waals surface area (Å²) in [6.07, 6.45) is 4.45. The van der Waals surface area contributed by atoms with Crippen molar-refractivity contribution in [3.05, 3.63) is 36.2 Å². The van der Waals surface area contributed by atoms with Gasteiger partial charge in [-0.25, -0.2) is 9.48 Å². The van der Waals surface area contributed by atoms with Gasteiger partial charge in [0.05, 0.1) is 24.9 Å². The first-order chi connectivity index (χ1) is 12.4. The van der Waals surface area contributed by atoms with Gasteiger partial charge in [0, 0.05) is 18.4 Å². The van der Waals surface area contributed by atoms with Crippen molar-refractivity contribution >= 4 is 11.7 Å². The fourth-order valence-corrected chi connectivity index (χ4v) is 3.53. The second-order valence-electron chi connectivity index (χ2n) is 7.54. The minimum absolute atomic E-state index is 0.153. The van der Waals surface area contributed by atoms with E-state index in [4.69, 9.17) is 4.74 Å². The maximum absolute atomic E-state index is 12.6. The maximum atomic E-state index is 12.6. The third kappa shape index (κ3) is 3.24. The second-order valence-corrected chi connectivity index (χ2v) is 7.54. The highest BCUT2D eigenvalue weighted by Crippen LogP contribution is 2.34. The van der Waals surface area contributed by atoms with Crippen molar-refractivity contribution in [2.45, 2.75) is 44.4 Å². The summed E-state index contributed by atoms with van der Waals surface area (Å²) in [7, 11) is 0. The van der Waals surface area contributed by atoms with Crippen molar-refractivity contribution in [3.8, 4) is 5.75 Å². The van der Waals surface area contributed by atoms with Gasteiger partial charge in [-0.15, -0.1) is 5.10 Å². The predicted molar refractivity (Wildman–Crippen MR) is 95.1 cm³/mol. The van der Waals surface area contributed by atoms with Gasteiger partial charge in [0.25, 0.3) is 0 Å². The second kappa shape index (κ2) is 6.28. The summed E-state index contributed by atoms with van der Waals surface area (Å²) < 4.78 is 7.57. The number of amides is 2. The summed E-state index contributed by atoms with van der Waals surface area (Å²) in [5.74, 6) is 0.877. The molecule has 138 valence electrons. The van der Waals surface area contributed by atoms with E-state index in [0.717, 1.165) is 29.8 Å². The lowest BCUT2D eigenvalue weighted by atomic mass is 9.94. The number of nitrogens with zero attached hydrogens (tertiary/aromatic N) is 4. The van der Waals surface area contributed by atoms with Crippen molar-refractivity contribution in [1.82, 2.24) is 19.9 Å². The van der Waals surface area contributed by atoms with Gasteiger partial charge in [0.15, 0.2) is 0 Å². The van der Waals surface area contributed by atoms with Gasteiger partial charge < -0.3 is 20.1 Å². The summed E-state index contributed by atoms with van der Waals surface area (Å²) in [5.41, 5.74) is 1.68. The average molecular weight is 357 g/mol. The zero-order valence-corrected chi connectivity index (χ0v) is 14.9. The minimum Gasteiger partial charge on any atom is -0.488 e. The smallest absolute Gasteiger partial charge is 0.322 e. The molecule has 1 aromatic heterocycles. The van der Waals surface area contributed by atoms with Gasteiger partial charge >= 0.3 is 6.03 Å². The molecule has 4 rings (SSSR count). The molecular formula is C18H23N5O3. The molecule has 0 unspecified atom stereocenters. The number of urea groups is 1. The molecule has 2 aromatic rings. The Kier molecular flexibility index (Phi) is 4.07. The molecule has 0 saturated carbocycles. The van der Waals surface area contributed by atoms with Crippen LogP contribution in [-0.2, 0) is 6.42 Å². The van der Waals surface area contributed by atoms with E-state index in [2.05, 4.69) is 29.5 Å². The molecule has 1 fully saturated rings. The van der Waals surface area contributed by atoms with E-state index in [1.165, 1.54) is 0 Å². The summed E-state index contributed by atoms with van der Waals surface area (Å²) >= 11 is 0. The van der Waals surface area contributed by atoms with E-state index in [0.29, 0.717) is 6.54 Å². The van der Waals surface area contributed by atoms with Crippen LogP contribution >= 0.6 is 0 Å². The molecule has 0 bridgehead atoms. The van der Waals surface area contributed by atoms with E-state index in [-0.39, 0.29) is 24.2 Å². The molecule has 26 heavy (non-hydrogen) atoms. The molecule has 0 aliphatic carbocycles. The minimum atomic E-state index is -0.665. The Hall–Kier alpha value is -2.61. The molecule has 2 atom stereocenters. The molecule has 8 nitrogen and oxygen atoms in total. The van der Waals surface area contributed by atoms with Gasteiger partial charge in [0.1, 0.15) is 11.4 Å². The lowest BCUT2D eigenvalue weighted by molar-refractivity contribution is 0.0847. The Morgan fingerprint density at radius 3 is 3.00 bits per heavy atom. The molecule has 0 radical (unpaired) electrons. The normalized spacial score (nSPS) is 24.0. The van der Waals surface area contributed by atoms with Crippen molar-refractivity contribution in [2.75, 3.05) is 18.4 Å². The van der Waals surface area contributed by atoms with Crippen molar-refractivity contribution < 1.29 is 14.6 Å². The Balaban J connectivity index is 1.43. The molecule has 1 saturated heterocycles. The number of anilines is 1. The van der Waals surface area contributed by atoms with Crippen molar-refractivity contribution in [2.24, 2.45) is 0 Å². The molecule has 2 aliphatic rings. The number of benzene rings is 1. The van der Waals surface area contributed by atoms with Crippen LogP contribution in [-0.4, -0.2) is 55.8 Å². The molecule has 3 heterocycles. The number of hydrogen-bond donors (Lipinski definition) is 2. The van der Waals surface area contributed by atoms with Gasteiger partial charge in [-0.1, -0.05) is 5.21 Å². The lowest BCUT2D eigenvalue weighted by Gasteiger charge is -2.32. The predicted octanol–water partition coefficient (Wildman–Crippen LogP) is 1.83. The molecule has 2 amide bonds. The number of ether oxygens (including phenoxy) is 1. The largest absolute Gasteiger partial charge is 0.488 e. The summed E-state index contributed by atoms with van der Waals surface area (Å²) in [6, 6.07) is 5.21. The Morgan fingerprint density at radius 1 is 1.38 bits per heavy atom. The van der Waals surface area contributed by atoms with Gasteiger partial charge in [-0.2, -0.15) is 0 Å². The third-order valence-electron chi connectivity index (χ3n) is 5.02. The molecule has 1 aromatic carbocycles. The van der Waals surface area contributed by atoms with Crippen LogP contribution in [0.3, 0.4) is 0 Å². The molecular weight excluding hydrogens is 334 g/mol. The zero-order valence-electron chi connectivity index (χ0n) is 14.9. The number of carbonyl (C=O) groups is 1. The van der Waals surface area contributed by atoms with Crippen LogP contribution in [0.1, 0.15) is 31.9 Å². The number of hydrogen-bond acceptors (Lipinski definition) is 5. The summed E-state index contributed by atoms with van der Waals surface area (Å²) in [6.45, 7) is 4.81. The average Bonchev–Trinajstić information content (AvgIpc) is 3.23. The number of likely N-dealkylation sites (tertiary alicyclic amines) is 1. The van der Waals surface area contributed by atoms with Gasteiger partial charge in [0.2, 0.25) is 0 Å². The van der Waals surface area contributed by atoms with Crippen LogP contribution in [0.4, 0.5) is 10.5 Å². The Bertz CT molecular complexity index is 805. The highest BCUT2D eigenvalue weighted by molar-refractivity contribution is 5.89. The first-order valence-corrected chi connectivity index (χ1v) is 8.83. The van der Waals surface area contributed by atoms with E-state index >= 15 is 0 Å². The van der Waals surface area contributed by atoms with Gasteiger partial charge in [-0.05, 0) is 50.5 Å². The fraction of sp³-hybridized carbons (Fsp3) is 0.500. The van der Waals surface area contributed by atoms with E-state index in [1.54, 1.807) is 22.0 Å². The number of fused-ring (bicyclic) bond motifs is 1. The van der Waals surface area contributed by atoms with Crippen LogP contribution in [0.5, 0.6) is 5.75 Å². The number of aliphatic hydroxyl groups is 1. The van der Waals surface area contributed by atoms with Crippen LogP contribution in [0, 0.1) is 0 Å². The third-order valence-corrected chi connectivity index (χ3v) is 5.02. The standard InChI is InChI=1S/C18H23N5O3/c1-18(2)6-5-12-9-13(3-4-16(12)26-18)20-17(25)22-10-14(15(24)11-22)23-8-7-19-21-23/h3-4,7-9,14-15,24H,5-6,10-11H2,1-2H3,(H,20,25)/t14-,15-/m1/s1. The Morgan fingerprint density at radius 2 is 2.23 bits per heavy atom. The number of aromatic nitrogens is 3. The molecule has 2 N–H and O–H groups in total. The number of aryl methyl sites for hydroxylation is 1. The van der Waals surface area contributed by atoms with Crippen LogP contribution in [0.2, 0.25) is 0 Å². The first kappa shape index (κ1) is 16.8. The highest BCUT2D eigenvalue weighted by Gasteiger charge is 2.36. The Labute approximate surface area is 151 Å². The monoisotopic (exact) mass is 357 g/mol. The van der Waals surface area contributed by atoms with E-state index in [1.807, 2.05) is 18.2 Å². The maximum Gasteiger partial charge on any atom is 0.322 e. The summed E-state index contributed by atoms with van der Waals surface area (Å²) in [5, 5.41) is 20.8. The fourth-order valence-electron chi connectivity index (χ4n) is 3.53. The number of carbonyl (C=O) groups excluding carboxylic acids is 1. The first-order valence-electron chi connectivity index (χ1n) is 8.83.